The summed E-state index contributed by atoms with van der Waals surface area (Å²) >= 11 is 1.05. The summed E-state index contributed by atoms with van der Waals surface area (Å²) in [6.07, 6.45) is 0.782. The molecule has 0 fully saturated rings. The van der Waals surface area contributed by atoms with Crippen molar-refractivity contribution in [2.75, 3.05) is 5.32 Å². The Labute approximate surface area is 142 Å². The molecule has 0 aliphatic heterocycles. The predicted molar refractivity (Wildman–Crippen MR) is 90.1 cm³/mol. The Morgan fingerprint density at radius 1 is 1.04 bits per heavy atom. The zero-order valence-electron chi connectivity index (χ0n) is 12.2. The Hall–Kier alpha value is -2.71. The highest BCUT2D eigenvalue weighted by atomic mass is 32.2. The molecule has 0 bridgehead atoms. The summed E-state index contributed by atoms with van der Waals surface area (Å²) in [6.45, 7) is 0. The minimum absolute atomic E-state index is 0.0340. The van der Waals surface area contributed by atoms with Crippen molar-refractivity contribution in [3.63, 3.8) is 0 Å². The molecule has 2 aromatic carbocycles. The van der Waals surface area contributed by atoms with Gasteiger partial charge in [-0.2, -0.15) is 0 Å². The van der Waals surface area contributed by atoms with Crippen LogP contribution in [-0.2, 0) is 9.84 Å². The first-order valence-electron chi connectivity index (χ1n) is 6.84. The molecule has 1 aromatic heterocycles. The Morgan fingerprint density at radius 2 is 1.75 bits per heavy atom. The molecule has 24 heavy (non-hydrogen) atoms. The van der Waals surface area contributed by atoms with Crippen LogP contribution in [0.4, 0.5) is 10.5 Å². The van der Waals surface area contributed by atoms with Gasteiger partial charge < -0.3 is 4.74 Å². The molecule has 0 spiro atoms. The van der Waals surface area contributed by atoms with Gasteiger partial charge in [-0.15, -0.1) is 11.3 Å². The SMILES string of the molecule is O=C(Nc1ccc(S(=O)(=O)c2nccs2)cc1)Oc1ccccc1. The number of para-hydroxylation sites is 1. The average Bonchev–Trinajstić information content (AvgIpc) is 3.11. The zero-order chi connectivity index (χ0) is 17.0. The second-order valence-electron chi connectivity index (χ2n) is 4.65. The lowest BCUT2D eigenvalue weighted by molar-refractivity contribution is 0.215. The van der Waals surface area contributed by atoms with E-state index in [2.05, 4.69) is 10.3 Å². The summed E-state index contributed by atoms with van der Waals surface area (Å²) in [5.41, 5.74) is 0.425. The first-order chi connectivity index (χ1) is 11.6. The van der Waals surface area contributed by atoms with E-state index in [0.717, 1.165) is 11.3 Å². The normalized spacial score (nSPS) is 11.0. The van der Waals surface area contributed by atoms with Crippen LogP contribution in [0.5, 0.6) is 5.75 Å². The molecular formula is C16H12N2O4S2. The zero-order valence-corrected chi connectivity index (χ0v) is 13.9. The number of nitrogens with zero attached hydrogens (tertiary/aromatic N) is 1. The number of aromatic nitrogens is 1. The standard InChI is InChI=1S/C16H12N2O4S2/c19-15(22-13-4-2-1-3-5-13)18-12-6-8-14(9-7-12)24(20,21)16-17-10-11-23-16/h1-11H,(H,18,19). The van der Waals surface area contributed by atoms with E-state index in [1.807, 2.05) is 6.07 Å². The Kier molecular flexibility index (Phi) is 4.59. The van der Waals surface area contributed by atoms with Crippen molar-refractivity contribution in [3.8, 4) is 5.75 Å². The molecule has 3 rings (SSSR count). The van der Waals surface area contributed by atoms with E-state index >= 15 is 0 Å². The first kappa shape index (κ1) is 16.2. The summed E-state index contributed by atoms with van der Waals surface area (Å²) in [4.78, 5) is 15.7. The number of sulfone groups is 1. The second kappa shape index (κ2) is 6.81. The highest BCUT2D eigenvalue weighted by molar-refractivity contribution is 7.93. The van der Waals surface area contributed by atoms with Crippen LogP contribution in [0.15, 0.2) is 75.4 Å². The van der Waals surface area contributed by atoms with Crippen molar-refractivity contribution in [2.24, 2.45) is 0 Å². The fourth-order valence-corrected chi connectivity index (χ4v) is 4.12. The fourth-order valence-electron chi connectivity index (χ4n) is 1.90. The number of carbonyl (C=O) groups is 1. The van der Waals surface area contributed by atoms with E-state index < -0.39 is 15.9 Å². The molecule has 0 atom stereocenters. The smallest absolute Gasteiger partial charge is 0.410 e. The average molecular weight is 360 g/mol. The van der Waals surface area contributed by atoms with Crippen molar-refractivity contribution >= 4 is 33.0 Å². The Balaban J connectivity index is 1.70. The van der Waals surface area contributed by atoms with E-state index in [4.69, 9.17) is 4.74 Å². The summed E-state index contributed by atoms with van der Waals surface area (Å²) in [7, 11) is -3.63. The maximum absolute atomic E-state index is 12.3. The molecule has 6 nitrogen and oxygen atoms in total. The number of carbonyl (C=O) groups excluding carboxylic acids is 1. The van der Waals surface area contributed by atoms with Gasteiger partial charge in [0.15, 0.2) is 0 Å². The van der Waals surface area contributed by atoms with Crippen LogP contribution in [0.2, 0.25) is 0 Å². The second-order valence-corrected chi connectivity index (χ2v) is 7.67. The van der Waals surface area contributed by atoms with Crippen LogP contribution in [0.3, 0.4) is 0 Å². The van der Waals surface area contributed by atoms with E-state index in [1.54, 1.807) is 29.6 Å². The van der Waals surface area contributed by atoms with Crippen molar-refractivity contribution < 1.29 is 17.9 Å². The molecule has 0 radical (unpaired) electrons. The van der Waals surface area contributed by atoms with Crippen LogP contribution in [0.1, 0.15) is 0 Å². The monoisotopic (exact) mass is 360 g/mol. The highest BCUT2D eigenvalue weighted by Crippen LogP contribution is 2.23. The molecule has 0 saturated carbocycles. The molecule has 122 valence electrons. The molecule has 0 aliphatic carbocycles. The Bertz CT molecular complexity index is 922. The molecule has 1 N–H and O–H groups in total. The predicted octanol–water partition coefficient (Wildman–Crippen LogP) is 3.59. The molecular weight excluding hydrogens is 348 g/mol. The third-order valence-electron chi connectivity index (χ3n) is 3.00. The maximum Gasteiger partial charge on any atom is 0.417 e. The van der Waals surface area contributed by atoms with Crippen LogP contribution >= 0.6 is 11.3 Å². The lowest BCUT2D eigenvalue weighted by Crippen LogP contribution is -2.16. The lowest BCUT2D eigenvalue weighted by Gasteiger charge is -2.07. The third-order valence-corrected chi connectivity index (χ3v) is 5.97. The highest BCUT2D eigenvalue weighted by Gasteiger charge is 2.20. The van der Waals surface area contributed by atoms with Crippen molar-refractivity contribution in [1.82, 2.24) is 4.98 Å². The van der Waals surface area contributed by atoms with Gasteiger partial charge in [0, 0.05) is 17.3 Å². The number of amides is 1. The van der Waals surface area contributed by atoms with Crippen LogP contribution in [0.25, 0.3) is 0 Å². The number of hydrogen-bond acceptors (Lipinski definition) is 6. The molecule has 8 heteroatoms. The molecule has 0 saturated heterocycles. The molecule has 0 aliphatic rings. The van der Waals surface area contributed by atoms with Gasteiger partial charge in [-0.25, -0.2) is 18.2 Å². The largest absolute Gasteiger partial charge is 0.417 e. The fraction of sp³-hybridized carbons (Fsp3) is 0. The summed E-state index contributed by atoms with van der Waals surface area (Å²) in [6, 6.07) is 14.4. The van der Waals surface area contributed by atoms with Crippen LogP contribution < -0.4 is 10.1 Å². The minimum Gasteiger partial charge on any atom is -0.410 e. The topological polar surface area (TPSA) is 85.4 Å². The number of rotatable bonds is 4. The quantitative estimate of drug-likeness (QED) is 0.768. The van der Waals surface area contributed by atoms with Gasteiger partial charge in [0.05, 0.1) is 4.90 Å². The molecule has 1 heterocycles. The van der Waals surface area contributed by atoms with Gasteiger partial charge in [0.25, 0.3) is 0 Å². The number of anilines is 1. The number of hydrogen-bond donors (Lipinski definition) is 1. The van der Waals surface area contributed by atoms with Crippen molar-refractivity contribution in [1.29, 1.82) is 0 Å². The number of ether oxygens (including phenoxy) is 1. The maximum atomic E-state index is 12.3. The van der Waals surface area contributed by atoms with Gasteiger partial charge in [0.1, 0.15) is 5.75 Å². The van der Waals surface area contributed by atoms with Gasteiger partial charge in [-0.3, -0.25) is 5.32 Å². The number of benzene rings is 2. The number of thiazole rings is 1. The first-order valence-corrected chi connectivity index (χ1v) is 9.20. The molecule has 3 aromatic rings. The van der Waals surface area contributed by atoms with Crippen LogP contribution in [0, 0.1) is 0 Å². The summed E-state index contributed by atoms with van der Waals surface area (Å²) < 4.78 is 29.7. The third kappa shape index (κ3) is 3.61. The van der Waals surface area contributed by atoms with E-state index in [9.17, 15) is 13.2 Å². The van der Waals surface area contributed by atoms with Crippen molar-refractivity contribution in [3.05, 3.63) is 66.2 Å². The Morgan fingerprint density at radius 3 is 2.38 bits per heavy atom. The van der Waals surface area contributed by atoms with E-state index in [0.29, 0.717) is 11.4 Å². The van der Waals surface area contributed by atoms with Gasteiger partial charge >= 0.3 is 6.09 Å². The number of nitrogens with one attached hydrogen (secondary N) is 1. The molecule has 0 unspecified atom stereocenters. The van der Waals surface area contributed by atoms with Crippen LogP contribution in [-0.4, -0.2) is 19.5 Å². The van der Waals surface area contributed by atoms with E-state index in [1.165, 1.54) is 30.5 Å². The lowest BCUT2D eigenvalue weighted by atomic mass is 10.3. The minimum atomic E-state index is -3.63. The van der Waals surface area contributed by atoms with E-state index in [-0.39, 0.29) is 9.24 Å². The summed E-state index contributed by atoms with van der Waals surface area (Å²) in [5.74, 6) is 0.415. The van der Waals surface area contributed by atoms with Gasteiger partial charge in [-0.1, -0.05) is 18.2 Å². The van der Waals surface area contributed by atoms with Gasteiger partial charge in [-0.05, 0) is 36.4 Å². The molecule has 1 amide bonds. The van der Waals surface area contributed by atoms with Crippen molar-refractivity contribution in [2.45, 2.75) is 9.24 Å². The van der Waals surface area contributed by atoms with Gasteiger partial charge in [0.2, 0.25) is 14.2 Å². The summed E-state index contributed by atoms with van der Waals surface area (Å²) in [5, 5.41) is 4.13.